The van der Waals surface area contributed by atoms with Crippen molar-refractivity contribution in [1.29, 1.82) is 0 Å². The van der Waals surface area contributed by atoms with Crippen molar-refractivity contribution in [3.63, 3.8) is 0 Å². The second-order valence-corrected chi connectivity index (χ2v) is 4.96. The van der Waals surface area contributed by atoms with Crippen LogP contribution in [0.3, 0.4) is 0 Å². The molecular weight excluding hydrogens is 262 g/mol. The fourth-order valence-corrected chi connectivity index (χ4v) is 2.41. The van der Waals surface area contributed by atoms with E-state index in [-0.39, 0.29) is 0 Å². The zero-order chi connectivity index (χ0) is 13.7. The van der Waals surface area contributed by atoms with Gasteiger partial charge in [0, 0.05) is 23.4 Å². The summed E-state index contributed by atoms with van der Waals surface area (Å²) in [6.07, 6.45) is 0.867. The standard InChI is InChI=1S/C14H17NO3S/c1-16-13-8-11(15)12(9-14(13)17-2)18-6-5-10-4-3-7-19-10/h3-4,7-9H,5-6,15H2,1-2H3. The number of methoxy groups -OCH3 is 2. The minimum Gasteiger partial charge on any atom is -0.493 e. The summed E-state index contributed by atoms with van der Waals surface area (Å²) in [6, 6.07) is 7.58. The number of ether oxygens (including phenoxy) is 3. The van der Waals surface area contributed by atoms with Crippen LogP contribution in [0.2, 0.25) is 0 Å². The Morgan fingerprint density at radius 3 is 2.47 bits per heavy atom. The van der Waals surface area contributed by atoms with Gasteiger partial charge in [0.15, 0.2) is 11.5 Å². The molecule has 0 radical (unpaired) electrons. The molecule has 102 valence electrons. The van der Waals surface area contributed by atoms with Crippen LogP contribution >= 0.6 is 11.3 Å². The number of nitrogen functional groups attached to an aromatic ring is 1. The minimum atomic E-state index is 0.545. The third-order valence-electron chi connectivity index (χ3n) is 2.70. The lowest BCUT2D eigenvalue weighted by Gasteiger charge is -2.13. The van der Waals surface area contributed by atoms with Gasteiger partial charge in [0.25, 0.3) is 0 Å². The highest BCUT2D eigenvalue weighted by atomic mass is 32.1. The van der Waals surface area contributed by atoms with Crippen LogP contribution < -0.4 is 19.9 Å². The first-order chi connectivity index (χ1) is 9.24. The molecule has 1 aromatic heterocycles. The van der Waals surface area contributed by atoms with Gasteiger partial charge in [-0.25, -0.2) is 0 Å². The van der Waals surface area contributed by atoms with Crippen LogP contribution in [0.15, 0.2) is 29.6 Å². The molecule has 0 bridgehead atoms. The second-order valence-electron chi connectivity index (χ2n) is 3.92. The third-order valence-corrected chi connectivity index (χ3v) is 3.64. The van der Waals surface area contributed by atoms with Crippen molar-refractivity contribution in [2.24, 2.45) is 0 Å². The van der Waals surface area contributed by atoms with Gasteiger partial charge >= 0.3 is 0 Å². The molecular formula is C14H17NO3S. The number of nitrogens with two attached hydrogens (primary N) is 1. The molecule has 2 aromatic rings. The summed E-state index contributed by atoms with van der Waals surface area (Å²) in [6.45, 7) is 0.584. The average molecular weight is 279 g/mol. The first kappa shape index (κ1) is 13.5. The highest BCUT2D eigenvalue weighted by Gasteiger charge is 2.10. The molecule has 1 heterocycles. The van der Waals surface area contributed by atoms with E-state index in [4.69, 9.17) is 19.9 Å². The molecule has 0 atom stereocenters. The fraction of sp³-hybridized carbons (Fsp3) is 0.286. The predicted molar refractivity (Wildman–Crippen MR) is 77.5 cm³/mol. The topological polar surface area (TPSA) is 53.7 Å². The summed E-state index contributed by atoms with van der Waals surface area (Å²) in [7, 11) is 3.16. The van der Waals surface area contributed by atoms with Gasteiger partial charge < -0.3 is 19.9 Å². The lowest BCUT2D eigenvalue weighted by atomic mass is 10.2. The SMILES string of the molecule is COc1cc(N)c(OCCc2cccs2)cc1OC. The first-order valence-corrected chi connectivity index (χ1v) is 6.79. The Bertz CT molecular complexity index is 526. The van der Waals surface area contributed by atoms with Gasteiger partial charge in [-0.2, -0.15) is 0 Å². The monoisotopic (exact) mass is 279 g/mol. The van der Waals surface area contributed by atoms with E-state index in [0.717, 1.165) is 6.42 Å². The molecule has 0 aliphatic heterocycles. The van der Waals surface area contributed by atoms with E-state index in [1.165, 1.54) is 4.88 Å². The number of anilines is 1. The third kappa shape index (κ3) is 3.32. The molecule has 0 saturated heterocycles. The molecule has 2 N–H and O–H groups in total. The Labute approximate surface area is 116 Å². The lowest BCUT2D eigenvalue weighted by Crippen LogP contribution is -2.03. The predicted octanol–water partition coefficient (Wildman–Crippen LogP) is 2.97. The average Bonchev–Trinajstić information content (AvgIpc) is 2.93. The van der Waals surface area contributed by atoms with E-state index in [1.807, 2.05) is 6.07 Å². The summed E-state index contributed by atoms with van der Waals surface area (Å²) in [4.78, 5) is 1.29. The highest BCUT2D eigenvalue weighted by molar-refractivity contribution is 7.09. The van der Waals surface area contributed by atoms with Crippen molar-refractivity contribution in [3.8, 4) is 17.2 Å². The summed E-state index contributed by atoms with van der Waals surface area (Å²) in [5, 5.41) is 2.06. The van der Waals surface area contributed by atoms with E-state index < -0.39 is 0 Å². The molecule has 0 fully saturated rings. The molecule has 19 heavy (non-hydrogen) atoms. The molecule has 0 saturated carbocycles. The largest absolute Gasteiger partial charge is 0.493 e. The van der Waals surface area contributed by atoms with E-state index in [9.17, 15) is 0 Å². The van der Waals surface area contributed by atoms with Gasteiger partial charge in [-0.05, 0) is 11.4 Å². The fourth-order valence-electron chi connectivity index (χ4n) is 1.72. The first-order valence-electron chi connectivity index (χ1n) is 5.91. The second kappa shape index (κ2) is 6.33. The van der Waals surface area contributed by atoms with Crippen molar-refractivity contribution in [2.75, 3.05) is 26.6 Å². The van der Waals surface area contributed by atoms with Crippen LogP contribution in [-0.4, -0.2) is 20.8 Å². The van der Waals surface area contributed by atoms with Crippen molar-refractivity contribution in [3.05, 3.63) is 34.5 Å². The molecule has 0 amide bonds. The zero-order valence-electron chi connectivity index (χ0n) is 11.0. The maximum atomic E-state index is 5.92. The Morgan fingerprint density at radius 2 is 1.84 bits per heavy atom. The van der Waals surface area contributed by atoms with Crippen LogP contribution in [0.1, 0.15) is 4.88 Å². The molecule has 0 aliphatic carbocycles. The van der Waals surface area contributed by atoms with Crippen LogP contribution in [0.4, 0.5) is 5.69 Å². The van der Waals surface area contributed by atoms with Crippen molar-refractivity contribution >= 4 is 17.0 Å². The van der Waals surface area contributed by atoms with Crippen LogP contribution in [0, 0.1) is 0 Å². The molecule has 5 heteroatoms. The van der Waals surface area contributed by atoms with Crippen LogP contribution in [0.5, 0.6) is 17.2 Å². The van der Waals surface area contributed by atoms with Crippen molar-refractivity contribution in [1.82, 2.24) is 0 Å². The number of thiophene rings is 1. The molecule has 2 rings (SSSR count). The molecule has 1 aromatic carbocycles. The Kier molecular flexibility index (Phi) is 4.52. The zero-order valence-corrected chi connectivity index (χ0v) is 11.8. The quantitative estimate of drug-likeness (QED) is 0.826. The summed E-state index contributed by atoms with van der Waals surface area (Å²) < 4.78 is 16.1. The van der Waals surface area contributed by atoms with Gasteiger partial charge in [0.1, 0.15) is 5.75 Å². The molecule has 0 unspecified atom stereocenters. The Hall–Kier alpha value is -1.88. The Balaban J connectivity index is 2.03. The van der Waals surface area contributed by atoms with E-state index in [0.29, 0.717) is 29.5 Å². The van der Waals surface area contributed by atoms with Crippen LogP contribution in [-0.2, 0) is 6.42 Å². The molecule has 4 nitrogen and oxygen atoms in total. The van der Waals surface area contributed by atoms with Gasteiger partial charge in [0.05, 0.1) is 26.5 Å². The van der Waals surface area contributed by atoms with Gasteiger partial charge in [-0.3, -0.25) is 0 Å². The van der Waals surface area contributed by atoms with E-state index in [1.54, 1.807) is 37.7 Å². The van der Waals surface area contributed by atoms with Crippen molar-refractivity contribution in [2.45, 2.75) is 6.42 Å². The summed E-state index contributed by atoms with van der Waals surface area (Å²) in [5.74, 6) is 1.84. The molecule has 0 aliphatic rings. The maximum absolute atomic E-state index is 5.92. The number of rotatable bonds is 6. The smallest absolute Gasteiger partial charge is 0.164 e. The number of benzene rings is 1. The highest BCUT2D eigenvalue weighted by Crippen LogP contribution is 2.36. The van der Waals surface area contributed by atoms with Gasteiger partial charge in [-0.15, -0.1) is 11.3 Å². The maximum Gasteiger partial charge on any atom is 0.164 e. The number of hydrogen-bond donors (Lipinski definition) is 1. The van der Waals surface area contributed by atoms with Gasteiger partial charge in [-0.1, -0.05) is 6.07 Å². The summed E-state index contributed by atoms with van der Waals surface area (Å²) >= 11 is 1.72. The molecule has 0 spiro atoms. The number of hydrogen-bond acceptors (Lipinski definition) is 5. The van der Waals surface area contributed by atoms with Crippen molar-refractivity contribution < 1.29 is 14.2 Å². The minimum absolute atomic E-state index is 0.545. The van der Waals surface area contributed by atoms with Gasteiger partial charge in [0.2, 0.25) is 0 Å². The van der Waals surface area contributed by atoms with E-state index >= 15 is 0 Å². The lowest BCUT2D eigenvalue weighted by molar-refractivity contribution is 0.316. The van der Waals surface area contributed by atoms with E-state index in [2.05, 4.69) is 11.4 Å². The van der Waals surface area contributed by atoms with Crippen LogP contribution in [0.25, 0.3) is 0 Å². The normalized spacial score (nSPS) is 10.2. The summed E-state index contributed by atoms with van der Waals surface area (Å²) in [5.41, 5.74) is 6.47. The Morgan fingerprint density at radius 1 is 1.11 bits per heavy atom.